The van der Waals surface area contributed by atoms with Gasteiger partial charge in [-0.05, 0) is 23.9 Å². The van der Waals surface area contributed by atoms with Crippen LogP contribution in [0.1, 0.15) is 22.4 Å². The molecule has 0 saturated carbocycles. The fourth-order valence-corrected chi connectivity index (χ4v) is 3.90. The lowest BCUT2D eigenvalue weighted by atomic mass is 10.0. The summed E-state index contributed by atoms with van der Waals surface area (Å²) in [6.07, 6.45) is 0.740. The number of fused-ring (bicyclic) bond motifs is 1. The molecule has 1 aliphatic heterocycles. The van der Waals surface area contributed by atoms with Crippen LogP contribution in [0.15, 0.2) is 40.5 Å². The molecule has 2 N–H and O–H groups in total. The van der Waals surface area contributed by atoms with Crippen LogP contribution >= 0.6 is 11.3 Å². The Labute approximate surface area is 149 Å². The van der Waals surface area contributed by atoms with E-state index in [1.54, 1.807) is 11.3 Å². The van der Waals surface area contributed by atoms with Gasteiger partial charge in [0, 0.05) is 31.6 Å². The van der Waals surface area contributed by atoms with E-state index in [1.807, 2.05) is 42.6 Å². The minimum Gasteiger partial charge on any atom is -0.507 e. The summed E-state index contributed by atoms with van der Waals surface area (Å²) in [5.74, 6) is 0.997. The second-order valence-corrected chi connectivity index (χ2v) is 7.31. The second-order valence-electron chi connectivity index (χ2n) is 6.36. The molecule has 0 amide bonds. The fourth-order valence-electron chi connectivity index (χ4n) is 3.23. The van der Waals surface area contributed by atoms with Gasteiger partial charge in [-0.15, -0.1) is 11.3 Å². The number of nitrogens with one attached hydrogen (secondary N) is 1. The largest absolute Gasteiger partial charge is 0.507 e. The van der Waals surface area contributed by atoms with Crippen LogP contribution in [0.4, 0.5) is 0 Å². The first-order valence-corrected chi connectivity index (χ1v) is 9.15. The molecule has 1 aromatic carbocycles. The number of aromatic amines is 1. The summed E-state index contributed by atoms with van der Waals surface area (Å²) >= 11 is 1.57. The Kier molecular flexibility index (Phi) is 4.15. The number of rotatable bonds is 3. The number of aromatic hydroxyl groups is 1. The molecule has 2 aromatic heterocycles. The first-order chi connectivity index (χ1) is 12.1. The summed E-state index contributed by atoms with van der Waals surface area (Å²) in [4.78, 5) is 23.3. The number of aromatic nitrogens is 2. The maximum absolute atomic E-state index is 12.5. The van der Waals surface area contributed by atoms with Gasteiger partial charge in [0.2, 0.25) is 0 Å². The fraction of sp³-hybridized carbons (Fsp3) is 0.263. The van der Waals surface area contributed by atoms with Crippen LogP contribution in [-0.4, -0.2) is 26.5 Å². The number of H-pyrrole nitrogens is 1. The molecule has 0 atom stereocenters. The van der Waals surface area contributed by atoms with Gasteiger partial charge >= 0.3 is 0 Å². The van der Waals surface area contributed by atoms with Crippen LogP contribution in [0.25, 0.3) is 10.7 Å². The number of phenols is 1. The van der Waals surface area contributed by atoms with Crippen molar-refractivity contribution in [2.45, 2.75) is 26.4 Å². The van der Waals surface area contributed by atoms with E-state index in [9.17, 15) is 9.90 Å². The molecular formula is C19H19N3O2S. The number of aryl methyl sites for hydroxylation is 1. The Balaban J connectivity index is 1.59. The van der Waals surface area contributed by atoms with Gasteiger partial charge in [-0.1, -0.05) is 24.3 Å². The van der Waals surface area contributed by atoms with E-state index in [0.29, 0.717) is 24.7 Å². The Morgan fingerprint density at radius 2 is 2.20 bits per heavy atom. The molecule has 25 heavy (non-hydrogen) atoms. The van der Waals surface area contributed by atoms with Crippen molar-refractivity contribution in [2.24, 2.45) is 0 Å². The van der Waals surface area contributed by atoms with Crippen molar-refractivity contribution in [1.29, 1.82) is 0 Å². The molecule has 5 nitrogen and oxygen atoms in total. The van der Waals surface area contributed by atoms with Crippen molar-refractivity contribution in [3.8, 4) is 16.5 Å². The Hall–Kier alpha value is -2.44. The van der Waals surface area contributed by atoms with Crippen molar-refractivity contribution in [1.82, 2.24) is 14.9 Å². The average molecular weight is 353 g/mol. The van der Waals surface area contributed by atoms with Gasteiger partial charge in [-0.25, -0.2) is 4.98 Å². The van der Waals surface area contributed by atoms with E-state index in [-0.39, 0.29) is 5.56 Å². The normalized spacial score (nSPS) is 14.4. The topological polar surface area (TPSA) is 69.2 Å². The summed E-state index contributed by atoms with van der Waals surface area (Å²) in [6, 6.07) is 9.69. The van der Waals surface area contributed by atoms with Crippen molar-refractivity contribution < 1.29 is 5.11 Å². The molecule has 0 aliphatic carbocycles. The van der Waals surface area contributed by atoms with Crippen molar-refractivity contribution in [3.63, 3.8) is 0 Å². The second kappa shape index (κ2) is 6.46. The number of hydrogen-bond donors (Lipinski definition) is 2. The highest BCUT2D eigenvalue weighted by Gasteiger charge is 2.22. The first kappa shape index (κ1) is 16.1. The van der Waals surface area contributed by atoms with Gasteiger partial charge in [0.25, 0.3) is 5.56 Å². The predicted molar refractivity (Wildman–Crippen MR) is 98.8 cm³/mol. The molecule has 0 saturated heterocycles. The summed E-state index contributed by atoms with van der Waals surface area (Å²) in [6.45, 7) is 3.89. The molecule has 0 fully saturated rings. The average Bonchev–Trinajstić information content (AvgIpc) is 3.14. The lowest BCUT2D eigenvalue weighted by Gasteiger charge is -2.28. The zero-order chi connectivity index (χ0) is 17.4. The summed E-state index contributed by atoms with van der Waals surface area (Å²) in [7, 11) is 0. The minimum absolute atomic E-state index is 0.0634. The van der Waals surface area contributed by atoms with Gasteiger partial charge in [-0.2, -0.15) is 0 Å². The van der Waals surface area contributed by atoms with Crippen molar-refractivity contribution in [2.75, 3.05) is 6.54 Å². The molecule has 0 radical (unpaired) electrons. The molecule has 4 rings (SSSR count). The third kappa shape index (κ3) is 3.10. The number of para-hydroxylation sites is 1. The maximum Gasteiger partial charge on any atom is 0.255 e. The van der Waals surface area contributed by atoms with E-state index in [2.05, 4.69) is 14.9 Å². The quantitative estimate of drug-likeness (QED) is 0.759. The van der Waals surface area contributed by atoms with Crippen LogP contribution in [0, 0.1) is 6.92 Å². The highest BCUT2D eigenvalue weighted by Crippen LogP contribution is 2.26. The van der Waals surface area contributed by atoms with Crippen LogP contribution in [-0.2, 0) is 19.5 Å². The maximum atomic E-state index is 12.5. The lowest BCUT2D eigenvalue weighted by Crippen LogP contribution is -2.35. The van der Waals surface area contributed by atoms with Crippen molar-refractivity contribution >= 4 is 11.3 Å². The lowest BCUT2D eigenvalue weighted by molar-refractivity contribution is 0.238. The molecule has 128 valence electrons. The minimum atomic E-state index is -0.0634. The Morgan fingerprint density at radius 1 is 1.32 bits per heavy atom. The van der Waals surface area contributed by atoms with Gasteiger partial charge < -0.3 is 10.1 Å². The van der Waals surface area contributed by atoms with Gasteiger partial charge in [-0.3, -0.25) is 9.69 Å². The van der Waals surface area contributed by atoms with Crippen molar-refractivity contribution in [3.05, 3.63) is 68.4 Å². The third-order valence-electron chi connectivity index (χ3n) is 4.62. The number of hydrogen-bond acceptors (Lipinski definition) is 5. The SMILES string of the molecule is Cc1cccc(CN2CCc3nc(-c4cccs4)[nH]c(=O)c3C2)c1O. The number of benzene rings is 1. The Bertz CT molecular complexity index is 963. The number of thiophene rings is 1. The van der Waals surface area contributed by atoms with Crippen LogP contribution in [0.2, 0.25) is 0 Å². The summed E-state index contributed by atoms with van der Waals surface area (Å²) in [5.41, 5.74) is 3.32. The van der Waals surface area contributed by atoms with E-state index in [0.717, 1.165) is 40.2 Å². The monoisotopic (exact) mass is 353 g/mol. The zero-order valence-electron chi connectivity index (χ0n) is 14.0. The van der Waals surface area contributed by atoms with Crippen LogP contribution in [0.5, 0.6) is 5.75 Å². The van der Waals surface area contributed by atoms with E-state index >= 15 is 0 Å². The van der Waals surface area contributed by atoms with Crippen LogP contribution in [0.3, 0.4) is 0 Å². The molecule has 0 spiro atoms. The van der Waals surface area contributed by atoms with E-state index in [1.165, 1.54) is 0 Å². The zero-order valence-corrected chi connectivity index (χ0v) is 14.8. The van der Waals surface area contributed by atoms with Gasteiger partial charge in [0.15, 0.2) is 5.82 Å². The van der Waals surface area contributed by atoms with Crippen LogP contribution < -0.4 is 5.56 Å². The Morgan fingerprint density at radius 3 is 3.00 bits per heavy atom. The summed E-state index contributed by atoms with van der Waals surface area (Å²) in [5, 5.41) is 12.2. The molecule has 1 aliphatic rings. The highest BCUT2D eigenvalue weighted by atomic mass is 32.1. The molecular weight excluding hydrogens is 334 g/mol. The standard InChI is InChI=1S/C19H19N3O2S/c1-12-4-2-5-13(17(12)23)10-22-8-7-15-14(11-22)19(24)21-18(20-15)16-6-3-9-25-16/h2-6,9,23H,7-8,10-11H2,1H3,(H,20,21,24). The highest BCUT2D eigenvalue weighted by molar-refractivity contribution is 7.13. The van der Waals surface area contributed by atoms with Gasteiger partial charge in [0.1, 0.15) is 5.75 Å². The van der Waals surface area contributed by atoms with E-state index in [4.69, 9.17) is 0 Å². The summed E-state index contributed by atoms with van der Waals surface area (Å²) < 4.78 is 0. The molecule has 3 heterocycles. The van der Waals surface area contributed by atoms with E-state index < -0.39 is 0 Å². The number of nitrogens with zero attached hydrogens (tertiary/aromatic N) is 2. The molecule has 0 bridgehead atoms. The van der Waals surface area contributed by atoms with Gasteiger partial charge in [0.05, 0.1) is 16.1 Å². The third-order valence-corrected chi connectivity index (χ3v) is 5.49. The number of phenolic OH excluding ortho intramolecular Hbond substituents is 1. The molecule has 3 aromatic rings. The first-order valence-electron chi connectivity index (χ1n) is 8.27. The molecule has 6 heteroatoms. The predicted octanol–water partition coefficient (Wildman–Crippen LogP) is 3.07. The smallest absolute Gasteiger partial charge is 0.255 e. The molecule has 0 unspecified atom stereocenters.